The van der Waals surface area contributed by atoms with Crippen LogP contribution in [0.15, 0.2) is 29.4 Å². The van der Waals surface area contributed by atoms with E-state index in [-0.39, 0.29) is 0 Å². The Morgan fingerprint density at radius 1 is 1.54 bits per heavy atom. The maximum absolute atomic E-state index is 5.85. The van der Waals surface area contributed by atoms with Crippen molar-refractivity contribution >= 4 is 23.4 Å². The molecule has 1 nitrogen and oxygen atoms in total. The smallest absolute Gasteiger partial charge is 0.0962 e. The van der Waals surface area contributed by atoms with Crippen LogP contribution in [0.4, 0.5) is 0 Å². The molecule has 1 heterocycles. The Kier molecular flexibility index (Phi) is 5.25. The van der Waals surface area contributed by atoms with Crippen molar-refractivity contribution in [1.82, 2.24) is 4.98 Å². The number of nitrogens with zero attached hydrogens (tertiary/aromatic N) is 1. The maximum Gasteiger partial charge on any atom is 0.0962 e. The van der Waals surface area contributed by atoms with Gasteiger partial charge in [0.1, 0.15) is 0 Å². The number of rotatable bonds is 5. The number of hydrogen-bond donors (Lipinski definition) is 0. The van der Waals surface area contributed by atoms with E-state index in [1.807, 2.05) is 24.4 Å². The van der Waals surface area contributed by atoms with Gasteiger partial charge in [0.25, 0.3) is 0 Å². The Balaban J connectivity index is 2.46. The van der Waals surface area contributed by atoms with Gasteiger partial charge in [0.2, 0.25) is 0 Å². The van der Waals surface area contributed by atoms with Crippen molar-refractivity contribution in [3.8, 4) is 0 Å². The van der Waals surface area contributed by atoms with E-state index >= 15 is 0 Å². The van der Waals surface area contributed by atoms with Crippen LogP contribution in [0.3, 0.4) is 0 Å². The number of alkyl halides is 1. The first-order valence-electron chi connectivity index (χ1n) is 4.50. The van der Waals surface area contributed by atoms with Crippen LogP contribution in [0.25, 0.3) is 0 Å². The van der Waals surface area contributed by atoms with E-state index in [0.29, 0.717) is 11.1 Å². The molecule has 0 saturated carbocycles. The molecule has 0 spiro atoms. The monoisotopic (exact) mass is 215 g/mol. The molecule has 0 aliphatic rings. The van der Waals surface area contributed by atoms with E-state index in [1.165, 1.54) is 6.42 Å². The Labute approximate surface area is 88.9 Å². The van der Waals surface area contributed by atoms with Crippen LogP contribution in [0.1, 0.15) is 19.8 Å². The molecule has 1 aromatic rings. The van der Waals surface area contributed by atoms with Gasteiger partial charge in [0.05, 0.1) is 5.03 Å². The zero-order chi connectivity index (χ0) is 9.52. The molecular formula is C10H14ClNS. The summed E-state index contributed by atoms with van der Waals surface area (Å²) in [5, 5.41) is 1.57. The van der Waals surface area contributed by atoms with Gasteiger partial charge >= 0.3 is 0 Å². The second-order valence-corrected chi connectivity index (χ2v) is 4.48. The number of hydrogen-bond acceptors (Lipinski definition) is 2. The third-order valence-electron chi connectivity index (χ3n) is 1.71. The summed E-state index contributed by atoms with van der Waals surface area (Å²) in [6.07, 6.45) is 4.15. The Morgan fingerprint density at radius 2 is 2.38 bits per heavy atom. The molecule has 0 radical (unpaired) electrons. The number of halogens is 1. The van der Waals surface area contributed by atoms with E-state index in [0.717, 1.165) is 11.4 Å². The summed E-state index contributed by atoms with van der Waals surface area (Å²) in [4.78, 5) is 4.25. The van der Waals surface area contributed by atoms with Crippen molar-refractivity contribution in [1.29, 1.82) is 0 Å². The summed E-state index contributed by atoms with van der Waals surface area (Å²) in [7, 11) is 0. The average molecular weight is 216 g/mol. The second kappa shape index (κ2) is 6.28. The van der Waals surface area contributed by atoms with Gasteiger partial charge in [0, 0.05) is 17.3 Å². The van der Waals surface area contributed by atoms with E-state index in [1.54, 1.807) is 11.8 Å². The van der Waals surface area contributed by atoms with E-state index in [4.69, 9.17) is 11.6 Å². The van der Waals surface area contributed by atoms with Crippen molar-refractivity contribution in [2.45, 2.75) is 30.0 Å². The lowest BCUT2D eigenvalue weighted by molar-refractivity contribution is 0.789. The third-order valence-corrected chi connectivity index (χ3v) is 3.48. The lowest BCUT2D eigenvalue weighted by Crippen LogP contribution is -2.03. The van der Waals surface area contributed by atoms with Crippen molar-refractivity contribution in [3.63, 3.8) is 0 Å². The first-order chi connectivity index (χ1) is 6.36. The fourth-order valence-corrected chi connectivity index (χ4v) is 2.46. The topological polar surface area (TPSA) is 12.9 Å². The highest BCUT2D eigenvalue weighted by Gasteiger charge is 2.07. The lowest BCUT2D eigenvalue weighted by atomic mass is 10.3. The average Bonchev–Trinajstić information content (AvgIpc) is 2.19. The van der Waals surface area contributed by atoms with Gasteiger partial charge in [-0.05, 0) is 18.6 Å². The highest BCUT2D eigenvalue weighted by molar-refractivity contribution is 7.99. The lowest BCUT2D eigenvalue weighted by Gasteiger charge is -2.10. The first kappa shape index (κ1) is 10.9. The molecule has 1 rings (SSSR count). The minimum Gasteiger partial charge on any atom is -0.250 e. The van der Waals surface area contributed by atoms with E-state index in [9.17, 15) is 0 Å². The molecule has 3 heteroatoms. The van der Waals surface area contributed by atoms with Crippen LogP contribution >= 0.6 is 23.4 Å². The normalized spacial score (nSPS) is 12.8. The zero-order valence-corrected chi connectivity index (χ0v) is 9.31. The van der Waals surface area contributed by atoms with Crippen LogP contribution in [0.5, 0.6) is 0 Å². The Hall–Kier alpha value is -0.210. The summed E-state index contributed by atoms with van der Waals surface area (Å²) in [5.41, 5.74) is 0. The largest absolute Gasteiger partial charge is 0.250 e. The minimum absolute atomic E-state index is 0.501. The SMILES string of the molecule is CCCC(CCl)Sc1ccccn1. The molecule has 0 amide bonds. The summed E-state index contributed by atoms with van der Waals surface area (Å²) >= 11 is 7.62. The fraction of sp³-hybridized carbons (Fsp3) is 0.500. The van der Waals surface area contributed by atoms with Crippen LogP contribution in [0.2, 0.25) is 0 Å². The van der Waals surface area contributed by atoms with Crippen LogP contribution in [-0.2, 0) is 0 Å². The Morgan fingerprint density at radius 3 is 2.92 bits per heavy atom. The molecule has 0 fully saturated rings. The van der Waals surface area contributed by atoms with Crippen molar-refractivity contribution in [2.75, 3.05) is 5.88 Å². The van der Waals surface area contributed by atoms with Crippen LogP contribution in [0, 0.1) is 0 Å². The van der Waals surface area contributed by atoms with Crippen molar-refractivity contribution < 1.29 is 0 Å². The standard InChI is InChI=1S/C10H14ClNS/c1-2-5-9(8-11)13-10-6-3-4-7-12-10/h3-4,6-7,9H,2,5,8H2,1H3. The highest BCUT2D eigenvalue weighted by Crippen LogP contribution is 2.24. The number of aromatic nitrogens is 1. The summed E-state index contributed by atoms with van der Waals surface area (Å²) in [5.74, 6) is 0.703. The maximum atomic E-state index is 5.85. The molecule has 72 valence electrons. The van der Waals surface area contributed by atoms with Gasteiger partial charge in [-0.25, -0.2) is 4.98 Å². The molecule has 0 saturated heterocycles. The summed E-state index contributed by atoms with van der Waals surface area (Å²) < 4.78 is 0. The molecule has 0 bridgehead atoms. The predicted molar refractivity (Wildman–Crippen MR) is 59.5 cm³/mol. The summed E-state index contributed by atoms with van der Waals surface area (Å²) in [6.45, 7) is 2.18. The van der Waals surface area contributed by atoms with Gasteiger partial charge in [-0.15, -0.1) is 23.4 Å². The Bertz CT molecular complexity index is 228. The van der Waals surface area contributed by atoms with Crippen molar-refractivity contribution in [2.24, 2.45) is 0 Å². The number of thioether (sulfide) groups is 1. The summed E-state index contributed by atoms with van der Waals surface area (Å²) in [6, 6.07) is 5.96. The van der Waals surface area contributed by atoms with Gasteiger partial charge in [-0.2, -0.15) is 0 Å². The van der Waals surface area contributed by atoms with Gasteiger partial charge in [0.15, 0.2) is 0 Å². The number of pyridine rings is 1. The molecule has 1 unspecified atom stereocenters. The minimum atomic E-state index is 0.501. The second-order valence-electron chi connectivity index (χ2n) is 2.85. The molecule has 0 aliphatic heterocycles. The van der Waals surface area contributed by atoms with Gasteiger partial charge in [-0.3, -0.25) is 0 Å². The molecule has 13 heavy (non-hydrogen) atoms. The zero-order valence-electron chi connectivity index (χ0n) is 7.74. The van der Waals surface area contributed by atoms with E-state index < -0.39 is 0 Å². The molecule has 0 aliphatic carbocycles. The quantitative estimate of drug-likeness (QED) is 0.550. The van der Waals surface area contributed by atoms with E-state index in [2.05, 4.69) is 11.9 Å². The fourth-order valence-electron chi connectivity index (χ4n) is 1.08. The molecule has 1 atom stereocenters. The first-order valence-corrected chi connectivity index (χ1v) is 5.92. The van der Waals surface area contributed by atoms with Crippen LogP contribution < -0.4 is 0 Å². The van der Waals surface area contributed by atoms with Crippen LogP contribution in [-0.4, -0.2) is 16.1 Å². The third kappa shape index (κ3) is 4.01. The molecule has 1 aromatic heterocycles. The molecular weight excluding hydrogens is 202 g/mol. The van der Waals surface area contributed by atoms with Crippen molar-refractivity contribution in [3.05, 3.63) is 24.4 Å². The van der Waals surface area contributed by atoms with Gasteiger partial charge < -0.3 is 0 Å². The predicted octanol–water partition coefficient (Wildman–Crippen LogP) is 3.58. The van der Waals surface area contributed by atoms with Gasteiger partial charge in [-0.1, -0.05) is 19.4 Å². The molecule has 0 N–H and O–H groups in total. The molecule has 0 aromatic carbocycles. The highest BCUT2D eigenvalue weighted by atomic mass is 35.5.